The number of methoxy groups -OCH3 is 1. The van der Waals surface area contributed by atoms with Gasteiger partial charge in [0.05, 0.1) is 7.11 Å². The number of ether oxygens (including phenoxy) is 1. The minimum absolute atomic E-state index is 0.866. The van der Waals surface area contributed by atoms with Crippen LogP contribution in [-0.2, 0) is 0 Å². The molecule has 0 fully saturated rings. The minimum Gasteiger partial charge on any atom is -0.497 e. The van der Waals surface area contributed by atoms with Crippen molar-refractivity contribution in [3.05, 3.63) is 115 Å². The van der Waals surface area contributed by atoms with Crippen LogP contribution in [0.3, 0.4) is 0 Å². The summed E-state index contributed by atoms with van der Waals surface area (Å²) in [6.45, 7) is 0. The number of benzene rings is 6. The summed E-state index contributed by atoms with van der Waals surface area (Å²) in [5.41, 5.74) is 4.95. The van der Waals surface area contributed by atoms with Crippen LogP contribution in [0, 0.1) is 0 Å². The molecule has 0 N–H and O–H groups in total. The van der Waals surface area contributed by atoms with E-state index in [-0.39, 0.29) is 0 Å². The molecule has 6 aromatic rings. The van der Waals surface area contributed by atoms with E-state index in [4.69, 9.17) is 4.74 Å². The van der Waals surface area contributed by atoms with Gasteiger partial charge in [-0.1, -0.05) is 91.0 Å². The predicted octanol–water partition coefficient (Wildman–Crippen LogP) is 8.49. The zero-order valence-electron chi connectivity index (χ0n) is 17.9. The molecular formula is C31H22O. The molecule has 32 heavy (non-hydrogen) atoms. The minimum atomic E-state index is 0.866. The van der Waals surface area contributed by atoms with Crippen LogP contribution in [-0.4, -0.2) is 7.11 Å². The van der Waals surface area contributed by atoms with Crippen LogP contribution in [0.2, 0.25) is 0 Å². The zero-order chi connectivity index (χ0) is 21.5. The predicted molar refractivity (Wildman–Crippen MR) is 136 cm³/mol. The lowest BCUT2D eigenvalue weighted by atomic mass is 9.84. The number of rotatable bonds is 3. The molecule has 152 valence electrons. The third-order valence-corrected chi connectivity index (χ3v) is 6.33. The summed E-state index contributed by atoms with van der Waals surface area (Å²) >= 11 is 0. The molecule has 0 aliphatic rings. The standard InChI is InChI=1S/C31H22O/c1-32-25-17-15-22(16-18-25)31-29-20-24-12-6-5-11-23(24)19-28(29)26-13-7-8-14-27(26)30(31)21-9-3-2-4-10-21/h2-20H,1H3. The van der Waals surface area contributed by atoms with Crippen LogP contribution in [0.5, 0.6) is 5.75 Å². The van der Waals surface area contributed by atoms with Crippen molar-refractivity contribution >= 4 is 32.3 Å². The second-order valence-corrected chi connectivity index (χ2v) is 8.14. The van der Waals surface area contributed by atoms with Crippen LogP contribution < -0.4 is 4.74 Å². The normalized spacial score (nSPS) is 11.3. The SMILES string of the molecule is COc1ccc(-c2c(-c3ccccc3)c3ccccc3c3cc4ccccc4cc23)cc1. The average molecular weight is 411 g/mol. The molecule has 0 spiro atoms. The highest BCUT2D eigenvalue weighted by Gasteiger charge is 2.18. The molecule has 0 atom stereocenters. The van der Waals surface area contributed by atoms with Gasteiger partial charge in [0, 0.05) is 0 Å². The monoisotopic (exact) mass is 410 g/mol. The van der Waals surface area contributed by atoms with Gasteiger partial charge in [-0.15, -0.1) is 0 Å². The summed E-state index contributed by atoms with van der Waals surface area (Å²) in [5, 5.41) is 7.62. The smallest absolute Gasteiger partial charge is 0.118 e. The molecule has 1 nitrogen and oxygen atoms in total. The summed E-state index contributed by atoms with van der Waals surface area (Å²) in [5.74, 6) is 0.866. The van der Waals surface area contributed by atoms with E-state index in [1.807, 2.05) is 12.1 Å². The molecule has 1 heteroatoms. The van der Waals surface area contributed by atoms with Crippen LogP contribution in [0.15, 0.2) is 115 Å². The van der Waals surface area contributed by atoms with Gasteiger partial charge in [0.15, 0.2) is 0 Å². The van der Waals surface area contributed by atoms with E-state index >= 15 is 0 Å². The van der Waals surface area contributed by atoms with Crippen molar-refractivity contribution in [1.82, 2.24) is 0 Å². The summed E-state index contributed by atoms with van der Waals surface area (Å²) < 4.78 is 5.44. The first kappa shape index (κ1) is 18.7. The van der Waals surface area contributed by atoms with Crippen molar-refractivity contribution < 1.29 is 4.74 Å². The lowest BCUT2D eigenvalue weighted by molar-refractivity contribution is 0.415. The van der Waals surface area contributed by atoms with E-state index in [1.165, 1.54) is 54.6 Å². The molecule has 0 aliphatic heterocycles. The maximum Gasteiger partial charge on any atom is 0.118 e. The largest absolute Gasteiger partial charge is 0.497 e. The van der Waals surface area contributed by atoms with E-state index in [9.17, 15) is 0 Å². The molecule has 0 saturated carbocycles. The quantitative estimate of drug-likeness (QED) is 0.210. The van der Waals surface area contributed by atoms with Gasteiger partial charge in [0.1, 0.15) is 5.75 Å². The van der Waals surface area contributed by atoms with Gasteiger partial charge < -0.3 is 4.74 Å². The van der Waals surface area contributed by atoms with E-state index in [0.29, 0.717) is 0 Å². The summed E-state index contributed by atoms with van der Waals surface area (Å²) in [6, 6.07) is 41.2. The average Bonchev–Trinajstić information content (AvgIpc) is 2.87. The Morgan fingerprint density at radius 3 is 1.66 bits per heavy atom. The van der Waals surface area contributed by atoms with Gasteiger partial charge in [-0.25, -0.2) is 0 Å². The Balaban J connectivity index is 1.85. The van der Waals surface area contributed by atoms with Gasteiger partial charge in [0.2, 0.25) is 0 Å². The summed E-state index contributed by atoms with van der Waals surface area (Å²) in [7, 11) is 1.71. The number of hydrogen-bond donors (Lipinski definition) is 0. The Bertz CT molecular complexity index is 1580. The van der Waals surface area contributed by atoms with Crippen LogP contribution >= 0.6 is 0 Å². The summed E-state index contributed by atoms with van der Waals surface area (Å²) in [6.07, 6.45) is 0. The topological polar surface area (TPSA) is 9.23 Å². The van der Waals surface area contributed by atoms with Gasteiger partial charge >= 0.3 is 0 Å². The fourth-order valence-corrected chi connectivity index (χ4v) is 4.84. The van der Waals surface area contributed by atoms with Gasteiger partial charge in [-0.2, -0.15) is 0 Å². The molecule has 0 unspecified atom stereocenters. The maximum absolute atomic E-state index is 5.44. The van der Waals surface area contributed by atoms with Gasteiger partial charge in [-0.05, 0) is 78.8 Å². The van der Waals surface area contributed by atoms with Crippen molar-refractivity contribution in [2.24, 2.45) is 0 Å². The molecule has 0 saturated heterocycles. The first-order chi connectivity index (χ1) is 15.8. The van der Waals surface area contributed by atoms with Crippen LogP contribution in [0.4, 0.5) is 0 Å². The molecule has 6 aromatic carbocycles. The molecule has 0 heterocycles. The van der Waals surface area contributed by atoms with Crippen LogP contribution in [0.1, 0.15) is 0 Å². The highest BCUT2D eigenvalue weighted by Crippen LogP contribution is 2.45. The van der Waals surface area contributed by atoms with Crippen molar-refractivity contribution in [1.29, 1.82) is 0 Å². The maximum atomic E-state index is 5.44. The van der Waals surface area contributed by atoms with Crippen molar-refractivity contribution in [3.63, 3.8) is 0 Å². The van der Waals surface area contributed by atoms with E-state index in [1.54, 1.807) is 7.11 Å². The Morgan fingerprint density at radius 2 is 0.969 bits per heavy atom. The van der Waals surface area contributed by atoms with Gasteiger partial charge in [-0.3, -0.25) is 0 Å². The zero-order valence-corrected chi connectivity index (χ0v) is 17.9. The Kier molecular flexibility index (Phi) is 4.40. The third kappa shape index (κ3) is 2.94. The number of hydrogen-bond acceptors (Lipinski definition) is 1. The van der Waals surface area contributed by atoms with Crippen molar-refractivity contribution in [2.45, 2.75) is 0 Å². The molecule has 0 bridgehead atoms. The second kappa shape index (κ2) is 7.55. The molecular weight excluding hydrogens is 388 g/mol. The number of fused-ring (bicyclic) bond motifs is 4. The second-order valence-electron chi connectivity index (χ2n) is 8.14. The van der Waals surface area contributed by atoms with Gasteiger partial charge in [0.25, 0.3) is 0 Å². The highest BCUT2D eigenvalue weighted by atomic mass is 16.5. The lowest BCUT2D eigenvalue weighted by Crippen LogP contribution is -1.92. The van der Waals surface area contributed by atoms with E-state index in [2.05, 4.69) is 103 Å². The Labute approximate surface area is 187 Å². The van der Waals surface area contributed by atoms with E-state index < -0.39 is 0 Å². The lowest BCUT2D eigenvalue weighted by Gasteiger charge is -2.19. The van der Waals surface area contributed by atoms with E-state index in [0.717, 1.165) is 5.75 Å². The Hall–Kier alpha value is -4.10. The van der Waals surface area contributed by atoms with Crippen LogP contribution in [0.25, 0.3) is 54.6 Å². The Morgan fingerprint density at radius 1 is 0.438 bits per heavy atom. The van der Waals surface area contributed by atoms with Crippen molar-refractivity contribution in [3.8, 4) is 28.0 Å². The molecule has 6 rings (SSSR count). The first-order valence-electron chi connectivity index (χ1n) is 10.9. The molecule has 0 aliphatic carbocycles. The first-order valence-corrected chi connectivity index (χ1v) is 10.9. The fourth-order valence-electron chi connectivity index (χ4n) is 4.84. The highest BCUT2D eigenvalue weighted by molar-refractivity contribution is 6.23. The summed E-state index contributed by atoms with van der Waals surface area (Å²) in [4.78, 5) is 0. The third-order valence-electron chi connectivity index (χ3n) is 6.33. The molecule has 0 amide bonds. The fraction of sp³-hybridized carbons (Fsp3) is 0.0323. The molecule has 0 radical (unpaired) electrons. The van der Waals surface area contributed by atoms with Crippen molar-refractivity contribution in [2.75, 3.05) is 7.11 Å². The molecule has 0 aromatic heterocycles.